The average Bonchev–Trinajstić information content (AvgIpc) is 2.64. The van der Waals surface area contributed by atoms with Crippen LogP contribution in [-0.4, -0.2) is 25.8 Å². The number of hydrogen-bond donors (Lipinski definition) is 1. The van der Waals surface area contributed by atoms with E-state index in [0.717, 1.165) is 8.04 Å². The number of amides is 1. The molecule has 0 saturated carbocycles. The Morgan fingerprint density at radius 3 is 2.78 bits per heavy atom. The van der Waals surface area contributed by atoms with Crippen LogP contribution in [0.1, 0.15) is 6.42 Å². The predicted molar refractivity (Wildman–Crippen MR) is 82.2 cm³/mol. The summed E-state index contributed by atoms with van der Waals surface area (Å²) in [7, 11) is -3.02. The van der Waals surface area contributed by atoms with E-state index >= 15 is 0 Å². The van der Waals surface area contributed by atoms with Gasteiger partial charge in [-0.05, 0) is 47.2 Å². The van der Waals surface area contributed by atoms with E-state index in [1.165, 1.54) is 0 Å². The fourth-order valence-electron chi connectivity index (χ4n) is 1.83. The maximum atomic E-state index is 12.0. The molecule has 0 aromatic heterocycles. The van der Waals surface area contributed by atoms with Gasteiger partial charge in [-0.15, -0.1) is 0 Å². The van der Waals surface area contributed by atoms with Crippen molar-refractivity contribution in [1.82, 2.24) is 0 Å². The van der Waals surface area contributed by atoms with Crippen LogP contribution in [0.4, 0.5) is 5.69 Å². The zero-order valence-corrected chi connectivity index (χ0v) is 13.9. The second-order valence-corrected chi connectivity index (χ2v) is 8.52. The van der Waals surface area contributed by atoms with E-state index in [9.17, 15) is 13.2 Å². The van der Waals surface area contributed by atoms with Gasteiger partial charge in [0.1, 0.15) is 0 Å². The van der Waals surface area contributed by atoms with Gasteiger partial charge in [-0.1, -0.05) is 15.9 Å². The highest BCUT2D eigenvalue weighted by Crippen LogP contribution is 2.25. The van der Waals surface area contributed by atoms with Crippen LogP contribution < -0.4 is 5.32 Å². The van der Waals surface area contributed by atoms with Crippen LogP contribution in [0.3, 0.4) is 0 Å². The summed E-state index contributed by atoms with van der Waals surface area (Å²) in [6, 6.07) is 5.58. The minimum Gasteiger partial charge on any atom is -0.325 e. The molecule has 18 heavy (non-hydrogen) atoms. The minimum atomic E-state index is -3.02. The number of hydrogen-bond acceptors (Lipinski definition) is 3. The lowest BCUT2D eigenvalue weighted by Crippen LogP contribution is -2.24. The van der Waals surface area contributed by atoms with E-state index in [-0.39, 0.29) is 17.4 Å². The van der Waals surface area contributed by atoms with Gasteiger partial charge in [0.25, 0.3) is 0 Å². The van der Waals surface area contributed by atoms with Crippen LogP contribution >= 0.6 is 38.5 Å². The average molecular weight is 444 g/mol. The fourth-order valence-corrected chi connectivity index (χ4v) is 4.40. The van der Waals surface area contributed by atoms with Crippen molar-refractivity contribution in [1.29, 1.82) is 0 Å². The van der Waals surface area contributed by atoms with Gasteiger partial charge in [-0.3, -0.25) is 4.79 Å². The summed E-state index contributed by atoms with van der Waals surface area (Å²) in [4.78, 5) is 12.0. The second kappa shape index (κ2) is 5.46. The Hall–Kier alpha value is -0.150. The number of nitrogens with one attached hydrogen (secondary N) is 1. The fraction of sp³-hybridized carbons (Fsp3) is 0.364. The summed E-state index contributed by atoms with van der Waals surface area (Å²) >= 11 is 5.46. The van der Waals surface area contributed by atoms with E-state index in [4.69, 9.17) is 0 Å². The summed E-state index contributed by atoms with van der Waals surface area (Å²) in [6.07, 6.45) is 0.415. The van der Waals surface area contributed by atoms with E-state index < -0.39 is 15.8 Å². The highest BCUT2D eigenvalue weighted by Gasteiger charge is 2.33. The smallest absolute Gasteiger partial charge is 0.228 e. The number of sulfone groups is 1. The number of carbonyl (C=O) groups is 1. The lowest BCUT2D eigenvalue weighted by Gasteiger charge is -2.11. The molecule has 1 N–H and O–H groups in total. The van der Waals surface area contributed by atoms with E-state index in [1.54, 1.807) is 0 Å². The molecule has 1 unspecified atom stereocenters. The maximum absolute atomic E-state index is 12.0. The molecule has 1 fully saturated rings. The molecule has 1 aromatic rings. The third kappa shape index (κ3) is 3.45. The third-order valence-electron chi connectivity index (χ3n) is 2.79. The first-order valence-corrected chi connectivity index (χ1v) is 9.03. The Kier molecular flexibility index (Phi) is 4.32. The third-order valence-corrected chi connectivity index (χ3v) is 5.99. The Morgan fingerprint density at radius 1 is 1.44 bits per heavy atom. The van der Waals surface area contributed by atoms with Gasteiger partial charge in [0, 0.05) is 8.04 Å². The lowest BCUT2D eigenvalue weighted by atomic mass is 10.1. The molecule has 0 spiro atoms. The zero-order chi connectivity index (χ0) is 13.3. The summed E-state index contributed by atoms with van der Waals surface area (Å²) in [5, 5.41) is 2.79. The van der Waals surface area contributed by atoms with Crippen molar-refractivity contribution < 1.29 is 13.2 Å². The van der Waals surface area contributed by atoms with Gasteiger partial charge in [0.05, 0.1) is 23.1 Å². The molecule has 1 atom stereocenters. The van der Waals surface area contributed by atoms with Crippen LogP contribution in [0.15, 0.2) is 22.7 Å². The number of halogens is 2. The molecule has 1 amide bonds. The molecule has 1 aliphatic heterocycles. The topological polar surface area (TPSA) is 63.2 Å². The van der Waals surface area contributed by atoms with E-state index in [2.05, 4.69) is 43.8 Å². The molecule has 1 heterocycles. The molecule has 1 aliphatic rings. The highest BCUT2D eigenvalue weighted by molar-refractivity contribution is 14.1. The SMILES string of the molecule is O=C(Nc1cc(Br)ccc1I)C1CCS(=O)(=O)C1. The molecule has 7 heteroatoms. The van der Waals surface area contributed by atoms with Crippen molar-refractivity contribution in [2.45, 2.75) is 6.42 Å². The van der Waals surface area contributed by atoms with Crippen molar-refractivity contribution in [3.63, 3.8) is 0 Å². The highest BCUT2D eigenvalue weighted by atomic mass is 127. The molecule has 4 nitrogen and oxygen atoms in total. The predicted octanol–water partition coefficient (Wildman–Crippen LogP) is 2.43. The summed E-state index contributed by atoms with van der Waals surface area (Å²) in [6.45, 7) is 0. The maximum Gasteiger partial charge on any atom is 0.228 e. The Morgan fingerprint density at radius 2 is 2.17 bits per heavy atom. The van der Waals surface area contributed by atoms with Crippen molar-refractivity contribution in [3.05, 3.63) is 26.2 Å². The second-order valence-electron chi connectivity index (χ2n) is 4.21. The van der Waals surface area contributed by atoms with Gasteiger partial charge in [0.2, 0.25) is 5.91 Å². The summed E-state index contributed by atoms with van der Waals surface area (Å²) < 4.78 is 24.5. The first-order valence-electron chi connectivity index (χ1n) is 5.34. The minimum absolute atomic E-state index is 0.0383. The number of carbonyl (C=O) groups excluding carboxylic acids is 1. The van der Waals surface area contributed by atoms with Crippen LogP contribution in [0, 0.1) is 9.49 Å². The molecule has 0 aliphatic carbocycles. The van der Waals surface area contributed by atoms with Gasteiger partial charge >= 0.3 is 0 Å². The van der Waals surface area contributed by atoms with Crippen LogP contribution in [0.2, 0.25) is 0 Å². The number of rotatable bonds is 2. The first kappa shape index (κ1) is 14.3. The summed E-state index contributed by atoms with van der Waals surface area (Å²) in [5.41, 5.74) is 0.708. The number of anilines is 1. The summed E-state index contributed by atoms with van der Waals surface area (Å²) in [5.74, 6) is -0.568. The van der Waals surface area contributed by atoms with E-state index in [0.29, 0.717) is 12.1 Å². The van der Waals surface area contributed by atoms with Gasteiger partial charge in [-0.25, -0.2) is 8.42 Å². The van der Waals surface area contributed by atoms with Gasteiger partial charge < -0.3 is 5.32 Å². The van der Waals surface area contributed by atoms with Gasteiger partial charge in [0.15, 0.2) is 9.84 Å². The number of benzene rings is 1. The molecule has 1 saturated heterocycles. The molecule has 1 aromatic carbocycles. The monoisotopic (exact) mass is 443 g/mol. The molecule has 98 valence electrons. The molecule has 0 bridgehead atoms. The van der Waals surface area contributed by atoms with E-state index in [1.807, 2.05) is 18.2 Å². The van der Waals surface area contributed by atoms with Crippen LogP contribution in [0.5, 0.6) is 0 Å². The first-order chi connectivity index (χ1) is 8.37. The molecular formula is C11H11BrINO3S. The van der Waals surface area contributed by atoms with Crippen molar-refractivity contribution in [2.24, 2.45) is 5.92 Å². The lowest BCUT2D eigenvalue weighted by molar-refractivity contribution is -0.119. The van der Waals surface area contributed by atoms with Crippen molar-refractivity contribution in [3.8, 4) is 0 Å². The Labute approximate surface area is 128 Å². The largest absolute Gasteiger partial charge is 0.325 e. The van der Waals surface area contributed by atoms with Crippen LogP contribution in [0.25, 0.3) is 0 Å². The molecular weight excluding hydrogens is 433 g/mol. The normalized spacial score (nSPS) is 21.8. The zero-order valence-electron chi connectivity index (χ0n) is 9.32. The quantitative estimate of drug-likeness (QED) is 0.714. The Bertz CT molecular complexity index is 588. The van der Waals surface area contributed by atoms with Crippen molar-refractivity contribution >= 4 is 60.0 Å². The molecule has 2 rings (SSSR count). The molecule has 0 radical (unpaired) electrons. The Balaban J connectivity index is 2.10. The van der Waals surface area contributed by atoms with Crippen LogP contribution in [-0.2, 0) is 14.6 Å². The van der Waals surface area contributed by atoms with Crippen molar-refractivity contribution in [2.75, 3.05) is 16.8 Å². The standard InChI is InChI=1S/C11H11BrINO3S/c12-8-1-2-9(13)10(5-8)14-11(15)7-3-4-18(16,17)6-7/h1-2,5,7H,3-4,6H2,(H,14,15). The van der Waals surface area contributed by atoms with Gasteiger partial charge in [-0.2, -0.15) is 0 Å².